The van der Waals surface area contributed by atoms with E-state index < -0.39 is 5.60 Å². The van der Waals surface area contributed by atoms with Crippen LogP contribution in [-0.2, 0) is 0 Å². The van der Waals surface area contributed by atoms with Crippen LogP contribution in [0.1, 0.15) is 30.6 Å². The number of halogens is 1. The molecule has 1 aliphatic heterocycles. The maximum atomic E-state index is 12.5. The minimum Gasteiger partial charge on any atom is -0.389 e. The monoisotopic (exact) mass is 311 g/mol. The van der Waals surface area contributed by atoms with Gasteiger partial charge in [0, 0.05) is 44.5 Å². The number of carbonyl (C=O) groups is 1. The molecule has 5 nitrogen and oxygen atoms in total. The van der Waals surface area contributed by atoms with Crippen molar-refractivity contribution in [1.29, 1.82) is 0 Å². The lowest BCUT2D eigenvalue weighted by atomic mass is 10.1. The molecule has 0 aromatic carbocycles. The number of hydrogen-bond acceptors (Lipinski definition) is 4. The van der Waals surface area contributed by atoms with Crippen LogP contribution in [0.2, 0.25) is 5.15 Å². The van der Waals surface area contributed by atoms with Crippen molar-refractivity contribution >= 4 is 17.5 Å². The normalized spacial score (nSPS) is 17.6. The fraction of sp³-hybridized carbons (Fsp3) is 0.600. The van der Waals surface area contributed by atoms with Gasteiger partial charge in [0.05, 0.1) is 5.60 Å². The second kappa shape index (κ2) is 6.73. The van der Waals surface area contributed by atoms with Gasteiger partial charge in [0.25, 0.3) is 5.91 Å². The number of pyridine rings is 1. The average Bonchev–Trinajstić information content (AvgIpc) is 2.61. The maximum Gasteiger partial charge on any atom is 0.254 e. The molecule has 2 heterocycles. The third kappa shape index (κ3) is 4.95. The number of carbonyl (C=O) groups excluding carboxylic acids is 1. The number of rotatable bonds is 3. The third-order valence-electron chi connectivity index (χ3n) is 3.46. The average molecular weight is 312 g/mol. The lowest BCUT2D eigenvalue weighted by Crippen LogP contribution is -2.41. The van der Waals surface area contributed by atoms with Crippen molar-refractivity contribution in [3.63, 3.8) is 0 Å². The molecular weight excluding hydrogens is 290 g/mol. The van der Waals surface area contributed by atoms with E-state index in [0.29, 0.717) is 23.8 Å². The van der Waals surface area contributed by atoms with Gasteiger partial charge in [-0.2, -0.15) is 0 Å². The number of nitrogens with zero attached hydrogens (tertiary/aromatic N) is 3. The van der Waals surface area contributed by atoms with E-state index in [-0.39, 0.29) is 5.91 Å². The molecule has 0 radical (unpaired) electrons. The molecule has 6 heteroatoms. The van der Waals surface area contributed by atoms with E-state index in [2.05, 4.69) is 9.88 Å². The van der Waals surface area contributed by atoms with Gasteiger partial charge in [-0.15, -0.1) is 0 Å². The van der Waals surface area contributed by atoms with E-state index in [9.17, 15) is 9.90 Å². The Balaban J connectivity index is 1.98. The van der Waals surface area contributed by atoms with Gasteiger partial charge in [0.2, 0.25) is 0 Å². The number of hydrogen-bond donors (Lipinski definition) is 1. The van der Waals surface area contributed by atoms with Crippen LogP contribution < -0.4 is 0 Å². The molecule has 1 aliphatic rings. The van der Waals surface area contributed by atoms with Gasteiger partial charge in [-0.3, -0.25) is 9.69 Å². The van der Waals surface area contributed by atoms with Crippen LogP contribution in [-0.4, -0.2) is 64.1 Å². The summed E-state index contributed by atoms with van der Waals surface area (Å²) in [5.74, 6) is -0.00981. The van der Waals surface area contributed by atoms with Crippen molar-refractivity contribution in [3.8, 4) is 0 Å². The molecule has 1 aromatic rings. The highest BCUT2D eigenvalue weighted by atomic mass is 35.5. The lowest BCUT2D eigenvalue weighted by molar-refractivity contribution is 0.0374. The molecule has 116 valence electrons. The molecule has 0 saturated carbocycles. The Morgan fingerprint density at radius 3 is 2.81 bits per heavy atom. The smallest absolute Gasteiger partial charge is 0.254 e. The summed E-state index contributed by atoms with van der Waals surface area (Å²) in [5, 5.41) is 10.2. The first-order valence-corrected chi connectivity index (χ1v) is 7.58. The second-order valence-corrected chi connectivity index (χ2v) is 6.49. The van der Waals surface area contributed by atoms with Gasteiger partial charge in [-0.25, -0.2) is 4.98 Å². The summed E-state index contributed by atoms with van der Waals surface area (Å²) in [6.45, 7) is 7.28. The molecule has 21 heavy (non-hydrogen) atoms. The topological polar surface area (TPSA) is 56.7 Å². The van der Waals surface area contributed by atoms with Crippen LogP contribution in [0.4, 0.5) is 0 Å². The Morgan fingerprint density at radius 2 is 2.14 bits per heavy atom. The van der Waals surface area contributed by atoms with Gasteiger partial charge in [0.1, 0.15) is 5.15 Å². The Kier molecular flexibility index (Phi) is 5.19. The summed E-state index contributed by atoms with van der Waals surface area (Å²) in [7, 11) is 0. The molecule has 1 saturated heterocycles. The largest absolute Gasteiger partial charge is 0.389 e. The summed E-state index contributed by atoms with van der Waals surface area (Å²) in [5.41, 5.74) is -0.136. The van der Waals surface area contributed by atoms with Gasteiger partial charge in [-0.05, 0) is 32.4 Å². The van der Waals surface area contributed by atoms with Gasteiger partial charge in [-0.1, -0.05) is 11.6 Å². The molecule has 0 aliphatic carbocycles. The molecule has 0 bridgehead atoms. The van der Waals surface area contributed by atoms with Gasteiger partial charge in [0.15, 0.2) is 0 Å². The molecule has 0 spiro atoms. The first kappa shape index (κ1) is 16.2. The third-order valence-corrected chi connectivity index (χ3v) is 3.67. The summed E-state index contributed by atoms with van der Waals surface area (Å²) >= 11 is 5.84. The summed E-state index contributed by atoms with van der Waals surface area (Å²) in [6, 6.07) is 3.29. The van der Waals surface area contributed by atoms with Crippen LogP contribution in [0.5, 0.6) is 0 Å². The Morgan fingerprint density at radius 1 is 1.38 bits per heavy atom. The van der Waals surface area contributed by atoms with Crippen LogP contribution in [0.15, 0.2) is 18.3 Å². The Hall–Kier alpha value is -1.17. The van der Waals surface area contributed by atoms with E-state index in [1.807, 2.05) is 4.90 Å². The molecule has 1 amide bonds. The zero-order chi connectivity index (χ0) is 15.5. The molecule has 0 atom stereocenters. The highest BCUT2D eigenvalue weighted by Gasteiger charge is 2.23. The molecule has 1 aromatic heterocycles. The molecule has 0 unspecified atom stereocenters. The van der Waals surface area contributed by atoms with E-state index in [4.69, 9.17) is 11.6 Å². The highest BCUT2D eigenvalue weighted by molar-refractivity contribution is 6.29. The number of β-amino-alcohol motifs (C(OH)–C–C–N with tert-alkyl or cyclic N) is 1. The molecule has 1 N–H and O–H groups in total. The second-order valence-electron chi connectivity index (χ2n) is 6.10. The van der Waals surface area contributed by atoms with Crippen molar-refractivity contribution in [3.05, 3.63) is 29.0 Å². The van der Waals surface area contributed by atoms with E-state index in [0.717, 1.165) is 26.1 Å². The molecule has 2 rings (SSSR count). The van der Waals surface area contributed by atoms with Crippen LogP contribution in [0, 0.1) is 0 Å². The fourth-order valence-electron chi connectivity index (χ4n) is 2.60. The highest BCUT2D eigenvalue weighted by Crippen LogP contribution is 2.13. The zero-order valence-electron chi connectivity index (χ0n) is 12.5. The number of aromatic nitrogens is 1. The van der Waals surface area contributed by atoms with E-state index >= 15 is 0 Å². The standard InChI is InChI=1S/C15H22ClN3O2/c1-15(2,21)11-18-6-3-7-19(9-8-18)14(20)12-4-5-17-13(16)10-12/h4-5,10,21H,3,6-9,11H2,1-2H3. The predicted molar refractivity (Wildman–Crippen MR) is 82.5 cm³/mol. The molecular formula is C15H22ClN3O2. The quantitative estimate of drug-likeness (QED) is 0.863. The van der Waals surface area contributed by atoms with Crippen molar-refractivity contribution in [2.75, 3.05) is 32.7 Å². The van der Waals surface area contributed by atoms with Crippen LogP contribution in [0.3, 0.4) is 0 Å². The van der Waals surface area contributed by atoms with Crippen molar-refractivity contribution in [2.24, 2.45) is 0 Å². The summed E-state index contributed by atoms with van der Waals surface area (Å²) < 4.78 is 0. The minimum atomic E-state index is -0.711. The van der Waals surface area contributed by atoms with E-state index in [1.165, 1.54) is 0 Å². The molecule has 1 fully saturated rings. The van der Waals surface area contributed by atoms with Crippen molar-refractivity contribution < 1.29 is 9.90 Å². The Labute approximate surface area is 130 Å². The van der Waals surface area contributed by atoms with Gasteiger partial charge >= 0.3 is 0 Å². The Bertz CT molecular complexity index is 502. The lowest BCUT2D eigenvalue weighted by Gasteiger charge is -2.27. The van der Waals surface area contributed by atoms with Gasteiger partial charge < -0.3 is 10.0 Å². The predicted octanol–water partition coefficient (Wildman–Crippen LogP) is 1.65. The van der Waals surface area contributed by atoms with E-state index in [1.54, 1.807) is 32.2 Å². The summed E-state index contributed by atoms with van der Waals surface area (Å²) in [4.78, 5) is 20.4. The number of amides is 1. The first-order chi connectivity index (χ1) is 9.85. The SMILES string of the molecule is CC(C)(O)CN1CCCN(C(=O)c2ccnc(Cl)c2)CC1. The summed E-state index contributed by atoms with van der Waals surface area (Å²) in [6.07, 6.45) is 2.45. The number of aliphatic hydroxyl groups is 1. The first-order valence-electron chi connectivity index (χ1n) is 7.21. The van der Waals surface area contributed by atoms with Crippen LogP contribution in [0.25, 0.3) is 0 Å². The fourth-order valence-corrected chi connectivity index (χ4v) is 2.77. The zero-order valence-corrected chi connectivity index (χ0v) is 13.3. The van der Waals surface area contributed by atoms with Crippen LogP contribution >= 0.6 is 11.6 Å². The maximum absolute atomic E-state index is 12.5. The minimum absolute atomic E-state index is 0.00981. The van der Waals surface area contributed by atoms with Crippen molar-refractivity contribution in [1.82, 2.24) is 14.8 Å². The van der Waals surface area contributed by atoms with Crippen molar-refractivity contribution in [2.45, 2.75) is 25.9 Å².